The van der Waals surface area contributed by atoms with Crippen molar-refractivity contribution in [2.24, 2.45) is 0 Å². The lowest BCUT2D eigenvalue weighted by Crippen LogP contribution is -2.51. The van der Waals surface area contributed by atoms with Gasteiger partial charge in [-0.25, -0.2) is 12.8 Å². The Morgan fingerprint density at radius 2 is 2.04 bits per heavy atom. The SMILES string of the molecule is CCCNC(=O)C1CN(S(=O)(=O)Cc2cccc(F)c2)c2ccccc2O1. The highest BCUT2D eigenvalue weighted by Gasteiger charge is 2.36. The summed E-state index contributed by atoms with van der Waals surface area (Å²) in [5.41, 5.74) is 0.708. The summed E-state index contributed by atoms with van der Waals surface area (Å²) in [5, 5.41) is 2.73. The average Bonchev–Trinajstić information content (AvgIpc) is 2.64. The summed E-state index contributed by atoms with van der Waals surface area (Å²) in [5.74, 6) is -0.912. The second kappa shape index (κ2) is 7.96. The molecule has 1 aliphatic heterocycles. The third kappa shape index (κ3) is 4.39. The first-order valence-electron chi connectivity index (χ1n) is 8.69. The predicted octanol–water partition coefficient (Wildman–Crippen LogP) is 2.45. The van der Waals surface area contributed by atoms with Crippen LogP contribution in [0.3, 0.4) is 0 Å². The molecular weight excluding hydrogens is 371 g/mol. The Morgan fingerprint density at radius 3 is 2.78 bits per heavy atom. The van der Waals surface area contributed by atoms with Gasteiger partial charge in [0, 0.05) is 6.54 Å². The van der Waals surface area contributed by atoms with Crippen LogP contribution in [0.2, 0.25) is 0 Å². The van der Waals surface area contributed by atoms with Gasteiger partial charge in [-0.15, -0.1) is 0 Å². The molecule has 2 aromatic carbocycles. The Bertz CT molecular complexity index is 933. The van der Waals surface area contributed by atoms with Gasteiger partial charge in [-0.1, -0.05) is 31.2 Å². The summed E-state index contributed by atoms with van der Waals surface area (Å²) in [7, 11) is -3.85. The lowest BCUT2D eigenvalue weighted by Gasteiger charge is -2.34. The molecule has 0 spiro atoms. The van der Waals surface area contributed by atoms with E-state index in [1.807, 2.05) is 6.92 Å². The van der Waals surface area contributed by atoms with Gasteiger partial charge in [0.05, 0.1) is 18.0 Å². The van der Waals surface area contributed by atoms with Crippen molar-refractivity contribution in [3.05, 3.63) is 59.9 Å². The summed E-state index contributed by atoms with van der Waals surface area (Å²) in [4.78, 5) is 12.3. The number of hydrogen-bond donors (Lipinski definition) is 1. The van der Waals surface area contributed by atoms with Crippen molar-refractivity contribution in [3.8, 4) is 5.75 Å². The Hall–Kier alpha value is -2.61. The minimum Gasteiger partial charge on any atom is -0.476 e. The predicted molar refractivity (Wildman–Crippen MR) is 101 cm³/mol. The van der Waals surface area contributed by atoms with Crippen LogP contribution in [0.25, 0.3) is 0 Å². The van der Waals surface area contributed by atoms with E-state index in [-0.39, 0.29) is 18.2 Å². The van der Waals surface area contributed by atoms with Gasteiger partial charge >= 0.3 is 0 Å². The van der Waals surface area contributed by atoms with Gasteiger partial charge in [0.2, 0.25) is 10.0 Å². The molecule has 1 amide bonds. The standard InChI is InChI=1S/C19H21FN2O4S/c1-2-10-21-19(23)18-12-22(16-8-3-4-9-17(16)26-18)27(24,25)13-14-6-5-7-15(20)11-14/h3-9,11,18H,2,10,12-13H2,1H3,(H,21,23). The van der Waals surface area contributed by atoms with Gasteiger partial charge < -0.3 is 10.1 Å². The zero-order chi connectivity index (χ0) is 19.4. The zero-order valence-corrected chi connectivity index (χ0v) is 15.7. The molecule has 0 aliphatic carbocycles. The van der Waals surface area contributed by atoms with Gasteiger partial charge in [0.1, 0.15) is 11.6 Å². The molecule has 0 radical (unpaired) electrons. The average molecular weight is 392 g/mol. The maximum absolute atomic E-state index is 13.4. The number of sulfonamides is 1. The number of anilines is 1. The molecule has 8 heteroatoms. The van der Waals surface area contributed by atoms with Crippen molar-refractivity contribution in [2.45, 2.75) is 25.2 Å². The van der Waals surface area contributed by atoms with E-state index in [9.17, 15) is 17.6 Å². The molecular formula is C19H21FN2O4S. The maximum Gasteiger partial charge on any atom is 0.263 e. The fourth-order valence-electron chi connectivity index (χ4n) is 2.88. The van der Waals surface area contributed by atoms with E-state index in [4.69, 9.17) is 4.74 Å². The van der Waals surface area contributed by atoms with Crippen LogP contribution in [0.4, 0.5) is 10.1 Å². The second-order valence-electron chi connectivity index (χ2n) is 6.28. The van der Waals surface area contributed by atoms with Gasteiger partial charge in [0.15, 0.2) is 6.10 Å². The van der Waals surface area contributed by atoms with Crippen LogP contribution in [0.5, 0.6) is 5.75 Å². The first kappa shape index (κ1) is 19.2. The molecule has 3 rings (SSSR count). The lowest BCUT2D eigenvalue weighted by atomic mass is 10.2. The molecule has 0 saturated carbocycles. The van der Waals surface area contributed by atoms with Gasteiger partial charge in [-0.05, 0) is 36.2 Å². The monoisotopic (exact) mass is 392 g/mol. The molecule has 2 aromatic rings. The molecule has 0 aromatic heterocycles. The lowest BCUT2D eigenvalue weighted by molar-refractivity contribution is -0.127. The number of halogens is 1. The summed E-state index contributed by atoms with van der Waals surface area (Å²) in [6.07, 6.45) is -0.190. The van der Waals surface area contributed by atoms with Crippen molar-refractivity contribution >= 4 is 21.6 Å². The van der Waals surface area contributed by atoms with Crippen LogP contribution in [0, 0.1) is 5.82 Å². The molecule has 27 heavy (non-hydrogen) atoms. The van der Waals surface area contributed by atoms with Crippen LogP contribution < -0.4 is 14.4 Å². The first-order chi connectivity index (χ1) is 12.9. The van der Waals surface area contributed by atoms with Crippen molar-refractivity contribution in [3.63, 3.8) is 0 Å². The molecule has 0 bridgehead atoms. The number of hydrogen-bond acceptors (Lipinski definition) is 4. The number of fused-ring (bicyclic) bond motifs is 1. The van der Waals surface area contributed by atoms with E-state index >= 15 is 0 Å². The summed E-state index contributed by atoms with van der Waals surface area (Å²) in [6, 6.07) is 12.1. The topological polar surface area (TPSA) is 75.7 Å². The van der Waals surface area contributed by atoms with Crippen molar-refractivity contribution in [2.75, 3.05) is 17.4 Å². The number of carbonyl (C=O) groups is 1. The van der Waals surface area contributed by atoms with Gasteiger partial charge in [-0.2, -0.15) is 0 Å². The third-order valence-electron chi connectivity index (χ3n) is 4.15. The first-order valence-corrected chi connectivity index (χ1v) is 10.3. The largest absolute Gasteiger partial charge is 0.476 e. The Kier molecular flexibility index (Phi) is 5.65. The number of nitrogens with zero attached hydrogens (tertiary/aromatic N) is 1. The normalized spacial score (nSPS) is 16.4. The number of ether oxygens (including phenoxy) is 1. The number of nitrogens with one attached hydrogen (secondary N) is 1. The molecule has 1 N–H and O–H groups in total. The molecule has 0 saturated heterocycles. The summed E-state index contributed by atoms with van der Waals surface area (Å²) in [6.45, 7) is 2.27. The van der Waals surface area contributed by atoms with Crippen LogP contribution in [0.15, 0.2) is 48.5 Å². The van der Waals surface area contributed by atoms with Crippen molar-refractivity contribution < 1.29 is 22.3 Å². The van der Waals surface area contributed by atoms with E-state index in [1.165, 1.54) is 22.5 Å². The fourth-order valence-corrected chi connectivity index (χ4v) is 4.45. The Morgan fingerprint density at radius 1 is 1.26 bits per heavy atom. The molecule has 144 valence electrons. The summed E-state index contributed by atoms with van der Waals surface area (Å²) >= 11 is 0. The quantitative estimate of drug-likeness (QED) is 0.819. The molecule has 6 nitrogen and oxygen atoms in total. The highest BCUT2D eigenvalue weighted by Crippen LogP contribution is 2.35. The number of carbonyl (C=O) groups excluding carboxylic acids is 1. The van der Waals surface area contributed by atoms with Gasteiger partial charge in [0.25, 0.3) is 5.91 Å². The second-order valence-corrected chi connectivity index (χ2v) is 8.18. The van der Waals surface area contributed by atoms with Crippen LogP contribution >= 0.6 is 0 Å². The van der Waals surface area contributed by atoms with E-state index in [0.29, 0.717) is 23.5 Å². The van der Waals surface area contributed by atoms with E-state index < -0.39 is 21.9 Å². The van der Waals surface area contributed by atoms with E-state index in [1.54, 1.807) is 30.3 Å². The van der Waals surface area contributed by atoms with Crippen LogP contribution in [-0.4, -0.2) is 33.5 Å². The maximum atomic E-state index is 13.4. The number of para-hydroxylation sites is 2. The third-order valence-corrected chi connectivity index (χ3v) is 5.87. The number of benzene rings is 2. The minimum atomic E-state index is -3.85. The number of rotatable bonds is 6. The molecule has 1 heterocycles. The van der Waals surface area contributed by atoms with Crippen LogP contribution in [-0.2, 0) is 20.6 Å². The highest BCUT2D eigenvalue weighted by molar-refractivity contribution is 7.92. The Labute approximate surface area is 158 Å². The van der Waals surface area contributed by atoms with Crippen molar-refractivity contribution in [1.29, 1.82) is 0 Å². The zero-order valence-electron chi connectivity index (χ0n) is 14.9. The smallest absolute Gasteiger partial charge is 0.263 e. The van der Waals surface area contributed by atoms with E-state index in [2.05, 4.69) is 5.32 Å². The Balaban J connectivity index is 1.90. The minimum absolute atomic E-state index is 0.135. The molecule has 0 fully saturated rings. The molecule has 1 atom stereocenters. The van der Waals surface area contributed by atoms with E-state index in [0.717, 1.165) is 6.42 Å². The molecule has 1 unspecified atom stereocenters. The van der Waals surface area contributed by atoms with Crippen LogP contribution in [0.1, 0.15) is 18.9 Å². The number of amides is 1. The highest BCUT2D eigenvalue weighted by atomic mass is 32.2. The molecule has 1 aliphatic rings. The van der Waals surface area contributed by atoms with Crippen molar-refractivity contribution in [1.82, 2.24) is 5.32 Å². The fraction of sp³-hybridized carbons (Fsp3) is 0.316. The summed E-state index contributed by atoms with van der Waals surface area (Å²) < 4.78 is 46.4. The van der Waals surface area contributed by atoms with Gasteiger partial charge in [-0.3, -0.25) is 9.10 Å².